The number of piperazine rings is 1. The average molecular weight is 384 g/mol. The standard InChI is InChI=1S/C21H28N4O3/c1-27-19-7-3-17(4-8-19)23-21(26)22-11-12-24-13-15-25(16-14-24)18-5-9-20(28-2)10-6-18/h3-10H,11-16H2,1-2H3,(H2,22,23,26). The summed E-state index contributed by atoms with van der Waals surface area (Å²) in [7, 11) is 3.30. The van der Waals surface area contributed by atoms with Crippen LogP contribution in [0.3, 0.4) is 0 Å². The second kappa shape index (κ2) is 9.85. The van der Waals surface area contributed by atoms with Crippen LogP contribution in [0.1, 0.15) is 0 Å². The van der Waals surface area contributed by atoms with Crippen LogP contribution in [-0.2, 0) is 0 Å². The summed E-state index contributed by atoms with van der Waals surface area (Å²) in [6, 6.07) is 15.3. The maximum atomic E-state index is 12.0. The highest BCUT2D eigenvalue weighted by Crippen LogP contribution is 2.20. The lowest BCUT2D eigenvalue weighted by atomic mass is 10.2. The summed E-state index contributed by atoms with van der Waals surface area (Å²) in [6.45, 7) is 5.37. The third-order valence-corrected chi connectivity index (χ3v) is 4.87. The maximum absolute atomic E-state index is 12.0. The van der Waals surface area contributed by atoms with Crippen LogP contribution in [0.15, 0.2) is 48.5 Å². The zero-order chi connectivity index (χ0) is 19.8. The van der Waals surface area contributed by atoms with Crippen molar-refractivity contribution in [1.29, 1.82) is 0 Å². The van der Waals surface area contributed by atoms with E-state index >= 15 is 0 Å². The number of carbonyl (C=O) groups excluding carboxylic acids is 1. The van der Waals surface area contributed by atoms with E-state index in [0.29, 0.717) is 6.54 Å². The molecule has 2 aromatic rings. The summed E-state index contributed by atoms with van der Waals surface area (Å²) in [5.41, 5.74) is 1.96. The number of urea groups is 1. The van der Waals surface area contributed by atoms with Crippen molar-refractivity contribution in [2.24, 2.45) is 0 Å². The van der Waals surface area contributed by atoms with Gasteiger partial charge in [0.2, 0.25) is 0 Å². The number of nitrogens with one attached hydrogen (secondary N) is 2. The second-order valence-corrected chi connectivity index (χ2v) is 6.64. The molecule has 2 aromatic carbocycles. The zero-order valence-corrected chi connectivity index (χ0v) is 16.5. The summed E-state index contributed by atoms with van der Waals surface area (Å²) in [4.78, 5) is 16.8. The Morgan fingerprint density at radius 3 is 2.04 bits per heavy atom. The molecule has 150 valence electrons. The van der Waals surface area contributed by atoms with Crippen LogP contribution in [0.2, 0.25) is 0 Å². The van der Waals surface area contributed by atoms with Gasteiger partial charge in [0.1, 0.15) is 11.5 Å². The lowest BCUT2D eigenvalue weighted by Gasteiger charge is -2.36. The highest BCUT2D eigenvalue weighted by Gasteiger charge is 2.17. The van der Waals surface area contributed by atoms with Crippen molar-refractivity contribution >= 4 is 17.4 Å². The van der Waals surface area contributed by atoms with E-state index in [1.165, 1.54) is 5.69 Å². The summed E-state index contributed by atoms with van der Waals surface area (Å²) in [5, 5.41) is 5.74. The highest BCUT2D eigenvalue weighted by atomic mass is 16.5. The molecule has 3 rings (SSSR count). The average Bonchev–Trinajstić information content (AvgIpc) is 2.75. The fraction of sp³-hybridized carbons (Fsp3) is 0.381. The fourth-order valence-corrected chi connectivity index (χ4v) is 3.20. The number of carbonyl (C=O) groups is 1. The Balaban J connectivity index is 1.35. The normalized spacial score (nSPS) is 14.4. The minimum Gasteiger partial charge on any atom is -0.497 e. The van der Waals surface area contributed by atoms with Crippen molar-refractivity contribution in [3.63, 3.8) is 0 Å². The van der Waals surface area contributed by atoms with Gasteiger partial charge in [-0.15, -0.1) is 0 Å². The molecular formula is C21H28N4O3. The van der Waals surface area contributed by atoms with E-state index in [2.05, 4.69) is 32.6 Å². The van der Waals surface area contributed by atoms with E-state index in [-0.39, 0.29) is 6.03 Å². The molecule has 1 aliphatic rings. The Morgan fingerprint density at radius 1 is 0.893 bits per heavy atom. The lowest BCUT2D eigenvalue weighted by molar-refractivity contribution is 0.240. The van der Waals surface area contributed by atoms with E-state index in [0.717, 1.165) is 49.9 Å². The Labute approximate surface area is 166 Å². The van der Waals surface area contributed by atoms with Gasteiger partial charge < -0.3 is 25.0 Å². The molecule has 1 heterocycles. The zero-order valence-electron chi connectivity index (χ0n) is 16.5. The molecule has 0 saturated carbocycles. The van der Waals surface area contributed by atoms with Crippen molar-refractivity contribution in [3.8, 4) is 11.5 Å². The molecule has 28 heavy (non-hydrogen) atoms. The van der Waals surface area contributed by atoms with Crippen molar-refractivity contribution in [3.05, 3.63) is 48.5 Å². The van der Waals surface area contributed by atoms with E-state index in [1.54, 1.807) is 14.2 Å². The number of rotatable bonds is 7. The van der Waals surface area contributed by atoms with Crippen molar-refractivity contribution in [2.75, 3.05) is 63.7 Å². The molecule has 2 amide bonds. The van der Waals surface area contributed by atoms with Crippen LogP contribution in [0.4, 0.5) is 16.2 Å². The molecule has 0 radical (unpaired) electrons. The SMILES string of the molecule is COc1ccc(NC(=O)NCCN2CCN(c3ccc(OC)cc3)CC2)cc1. The summed E-state index contributed by atoms with van der Waals surface area (Å²) in [6.07, 6.45) is 0. The maximum Gasteiger partial charge on any atom is 0.319 e. The van der Waals surface area contributed by atoms with Gasteiger partial charge in [-0.1, -0.05) is 0 Å². The van der Waals surface area contributed by atoms with Gasteiger partial charge in [0.15, 0.2) is 0 Å². The predicted octanol–water partition coefficient (Wildman–Crippen LogP) is 2.65. The molecule has 0 aromatic heterocycles. The Bertz CT molecular complexity index is 741. The molecule has 0 spiro atoms. The molecule has 0 atom stereocenters. The van der Waals surface area contributed by atoms with Gasteiger partial charge in [0, 0.05) is 50.6 Å². The van der Waals surface area contributed by atoms with Crippen LogP contribution < -0.4 is 25.0 Å². The number of benzene rings is 2. The van der Waals surface area contributed by atoms with Crippen LogP contribution >= 0.6 is 0 Å². The van der Waals surface area contributed by atoms with Gasteiger partial charge >= 0.3 is 6.03 Å². The van der Waals surface area contributed by atoms with Crippen LogP contribution in [-0.4, -0.2) is 64.4 Å². The first-order valence-electron chi connectivity index (χ1n) is 9.48. The lowest BCUT2D eigenvalue weighted by Crippen LogP contribution is -2.48. The smallest absolute Gasteiger partial charge is 0.319 e. The molecular weight excluding hydrogens is 356 g/mol. The molecule has 7 nitrogen and oxygen atoms in total. The van der Waals surface area contributed by atoms with E-state index in [1.807, 2.05) is 36.4 Å². The highest BCUT2D eigenvalue weighted by molar-refractivity contribution is 5.89. The molecule has 7 heteroatoms. The molecule has 1 aliphatic heterocycles. The van der Waals surface area contributed by atoms with Crippen LogP contribution in [0.5, 0.6) is 11.5 Å². The third kappa shape index (κ3) is 5.53. The number of methoxy groups -OCH3 is 2. The van der Waals surface area contributed by atoms with E-state index in [9.17, 15) is 4.79 Å². The Hall–Kier alpha value is -2.93. The molecule has 1 fully saturated rings. The minimum absolute atomic E-state index is 0.193. The van der Waals surface area contributed by atoms with Gasteiger partial charge in [-0.25, -0.2) is 4.79 Å². The van der Waals surface area contributed by atoms with Gasteiger partial charge in [-0.2, -0.15) is 0 Å². The minimum atomic E-state index is -0.193. The van der Waals surface area contributed by atoms with E-state index < -0.39 is 0 Å². The molecule has 0 unspecified atom stereocenters. The number of amides is 2. The third-order valence-electron chi connectivity index (χ3n) is 4.87. The topological polar surface area (TPSA) is 66.1 Å². The van der Waals surface area contributed by atoms with E-state index in [4.69, 9.17) is 9.47 Å². The quantitative estimate of drug-likeness (QED) is 0.768. The van der Waals surface area contributed by atoms with Crippen LogP contribution in [0.25, 0.3) is 0 Å². The molecule has 1 saturated heterocycles. The first kappa shape index (κ1) is 19.8. The summed E-state index contributed by atoms with van der Waals surface area (Å²) < 4.78 is 10.3. The Kier molecular flexibility index (Phi) is 6.97. The first-order valence-corrected chi connectivity index (χ1v) is 9.48. The van der Waals surface area contributed by atoms with Crippen molar-refractivity contribution in [1.82, 2.24) is 10.2 Å². The molecule has 0 aliphatic carbocycles. The van der Waals surface area contributed by atoms with Crippen molar-refractivity contribution < 1.29 is 14.3 Å². The number of hydrogen-bond donors (Lipinski definition) is 2. The first-order chi connectivity index (χ1) is 13.7. The van der Waals surface area contributed by atoms with Gasteiger partial charge in [0.05, 0.1) is 14.2 Å². The predicted molar refractivity (Wildman–Crippen MR) is 112 cm³/mol. The number of anilines is 2. The Morgan fingerprint density at radius 2 is 1.46 bits per heavy atom. The van der Waals surface area contributed by atoms with Crippen molar-refractivity contribution in [2.45, 2.75) is 0 Å². The summed E-state index contributed by atoms with van der Waals surface area (Å²) in [5.74, 6) is 1.64. The van der Waals surface area contributed by atoms with Gasteiger partial charge in [-0.3, -0.25) is 4.90 Å². The molecule has 2 N–H and O–H groups in total. The fourth-order valence-electron chi connectivity index (χ4n) is 3.20. The number of hydrogen-bond acceptors (Lipinski definition) is 5. The number of nitrogens with zero attached hydrogens (tertiary/aromatic N) is 2. The van der Waals surface area contributed by atoms with Gasteiger partial charge in [-0.05, 0) is 48.5 Å². The summed E-state index contributed by atoms with van der Waals surface area (Å²) >= 11 is 0. The monoisotopic (exact) mass is 384 g/mol. The molecule has 0 bridgehead atoms. The van der Waals surface area contributed by atoms with Crippen LogP contribution in [0, 0.1) is 0 Å². The number of ether oxygens (including phenoxy) is 2. The van der Waals surface area contributed by atoms with Gasteiger partial charge in [0.25, 0.3) is 0 Å². The second-order valence-electron chi connectivity index (χ2n) is 6.64. The largest absolute Gasteiger partial charge is 0.497 e.